The van der Waals surface area contributed by atoms with Crippen molar-refractivity contribution < 1.29 is 0 Å². The lowest BCUT2D eigenvalue weighted by Gasteiger charge is -2.34. The minimum atomic E-state index is -0.0225. The molecule has 0 radical (unpaired) electrons. The molecule has 0 aliphatic carbocycles. The quantitative estimate of drug-likeness (QED) is 0.113. The summed E-state index contributed by atoms with van der Waals surface area (Å²) in [6.07, 6.45) is 0. The van der Waals surface area contributed by atoms with Crippen molar-refractivity contribution in [1.82, 2.24) is 0 Å². The van der Waals surface area contributed by atoms with E-state index < -0.39 is 0 Å². The molecule has 0 bridgehead atoms. The number of benzene rings is 10. The Morgan fingerprint density at radius 1 is 0.469 bits per heavy atom. The Bertz CT molecular complexity index is 3220. The zero-order valence-electron chi connectivity index (χ0n) is 36.7. The summed E-state index contributed by atoms with van der Waals surface area (Å²) in [6, 6.07) is 69.2. The molecule has 64 heavy (non-hydrogen) atoms. The lowest BCUT2D eigenvalue weighted by atomic mass is 9.83. The first-order chi connectivity index (χ1) is 31.1. The third-order valence-electron chi connectivity index (χ3n) is 12.6. The molecule has 10 aromatic carbocycles. The third kappa shape index (κ3) is 7.06. The first kappa shape index (κ1) is 39.9. The maximum absolute atomic E-state index is 9.58. The number of hydrogen-bond acceptors (Lipinski definition) is 3. The van der Waals surface area contributed by atoms with E-state index in [-0.39, 0.29) is 5.41 Å². The van der Waals surface area contributed by atoms with E-state index in [0.717, 1.165) is 78.3 Å². The van der Waals surface area contributed by atoms with Crippen LogP contribution in [-0.2, 0) is 5.41 Å². The zero-order chi connectivity index (χ0) is 44.1. The number of aryl methyl sites for hydroxylation is 2. The van der Waals surface area contributed by atoms with Crippen LogP contribution in [0, 0.1) is 31.8 Å². The Morgan fingerprint density at radius 2 is 0.922 bits per heavy atom. The molecule has 4 heteroatoms. The fourth-order valence-electron chi connectivity index (χ4n) is 9.18. The van der Waals surface area contributed by atoms with Gasteiger partial charge in [0.15, 0.2) is 5.69 Å². The van der Waals surface area contributed by atoms with Gasteiger partial charge in [0, 0.05) is 38.9 Å². The highest BCUT2D eigenvalue weighted by Gasteiger charge is 2.27. The SMILES string of the molecule is [C-]#[N+]c1ccc(-c2ccc(C)c(N(c3ccccc3)c3cc(N(c4ccccc4)c4cc(-c5ccc(C#N)cc5)ccc4C)c4ccc5cc(C(C)(C)C)cc6ccc3c4c56)c2)cc1. The summed E-state index contributed by atoms with van der Waals surface area (Å²) in [5, 5.41) is 16.8. The zero-order valence-corrected chi connectivity index (χ0v) is 36.7. The number of nitriles is 1. The van der Waals surface area contributed by atoms with Crippen molar-refractivity contribution in [3.8, 4) is 28.3 Å². The number of rotatable bonds is 8. The Kier molecular flexibility index (Phi) is 9.94. The van der Waals surface area contributed by atoms with Gasteiger partial charge >= 0.3 is 0 Å². The van der Waals surface area contributed by atoms with Crippen molar-refractivity contribution in [2.45, 2.75) is 40.0 Å². The molecule has 0 heterocycles. The van der Waals surface area contributed by atoms with Crippen LogP contribution in [0.4, 0.5) is 39.8 Å². The molecule has 0 aliphatic heterocycles. The van der Waals surface area contributed by atoms with Crippen molar-refractivity contribution in [1.29, 1.82) is 5.26 Å². The second kappa shape index (κ2) is 15.9. The summed E-state index contributed by atoms with van der Waals surface area (Å²) in [6.45, 7) is 18.8. The first-order valence-corrected chi connectivity index (χ1v) is 21.8. The fraction of sp³-hybridized carbons (Fsp3) is 0.100. The highest BCUT2D eigenvalue weighted by atomic mass is 15.2. The van der Waals surface area contributed by atoms with Gasteiger partial charge in [0.05, 0.1) is 29.6 Å². The molecule has 4 nitrogen and oxygen atoms in total. The monoisotopic (exact) mass is 822 g/mol. The maximum Gasteiger partial charge on any atom is 0.187 e. The van der Waals surface area contributed by atoms with Gasteiger partial charge in [-0.2, -0.15) is 5.26 Å². The molecule has 306 valence electrons. The van der Waals surface area contributed by atoms with Gasteiger partial charge in [0.25, 0.3) is 0 Å². The smallest absolute Gasteiger partial charge is 0.187 e. The fourth-order valence-corrected chi connectivity index (χ4v) is 9.18. The van der Waals surface area contributed by atoms with Crippen LogP contribution in [0.3, 0.4) is 0 Å². The van der Waals surface area contributed by atoms with E-state index >= 15 is 0 Å². The van der Waals surface area contributed by atoms with Crippen LogP contribution >= 0.6 is 0 Å². The van der Waals surface area contributed by atoms with Crippen LogP contribution < -0.4 is 9.80 Å². The molecular formula is C60H46N4. The summed E-state index contributed by atoms with van der Waals surface area (Å²) in [4.78, 5) is 8.52. The second-order valence-electron chi connectivity index (χ2n) is 17.8. The number of para-hydroxylation sites is 2. The normalized spacial score (nSPS) is 11.5. The maximum atomic E-state index is 9.58. The molecule has 0 spiro atoms. The van der Waals surface area contributed by atoms with E-state index in [9.17, 15) is 5.26 Å². The molecule has 0 saturated heterocycles. The topological polar surface area (TPSA) is 34.6 Å². The average Bonchev–Trinajstić information content (AvgIpc) is 3.33. The van der Waals surface area contributed by atoms with Crippen molar-refractivity contribution in [3.05, 3.63) is 222 Å². The largest absolute Gasteiger partial charge is 0.310 e. The lowest BCUT2D eigenvalue weighted by Crippen LogP contribution is -2.16. The van der Waals surface area contributed by atoms with Crippen molar-refractivity contribution in [2.75, 3.05) is 9.80 Å². The second-order valence-corrected chi connectivity index (χ2v) is 17.8. The molecule has 0 fully saturated rings. The van der Waals surface area contributed by atoms with Crippen LogP contribution in [0.1, 0.15) is 43.0 Å². The number of anilines is 6. The van der Waals surface area contributed by atoms with Gasteiger partial charge in [0.2, 0.25) is 0 Å². The van der Waals surface area contributed by atoms with Gasteiger partial charge in [-0.3, -0.25) is 0 Å². The van der Waals surface area contributed by atoms with E-state index in [4.69, 9.17) is 6.57 Å². The number of hydrogen-bond donors (Lipinski definition) is 0. The summed E-state index contributed by atoms with van der Waals surface area (Å²) < 4.78 is 0. The van der Waals surface area contributed by atoms with Gasteiger partial charge in [-0.25, -0.2) is 4.85 Å². The first-order valence-electron chi connectivity index (χ1n) is 21.8. The predicted octanol–water partition coefficient (Wildman–Crippen LogP) is 17.2. The van der Waals surface area contributed by atoms with Crippen molar-refractivity contribution >= 4 is 72.1 Å². The van der Waals surface area contributed by atoms with Crippen LogP contribution in [-0.4, -0.2) is 0 Å². The van der Waals surface area contributed by atoms with Gasteiger partial charge in [-0.15, -0.1) is 0 Å². The standard InChI is InChI=1S/C60H46N4/c1-39-17-21-44(42-23-19-41(38-61)20-24-42)35-54(39)63(50-13-9-7-10-14-50)56-37-57(53-32-28-47-34-48(60(3,4)5)33-46-27-31-52(56)59(53)58(46)47)64(51-15-11-8-12-16-51)55-36-45(22-18-40(55)2)43-25-29-49(62-6)30-26-43/h7-37H,1-5H3. The predicted molar refractivity (Wildman–Crippen MR) is 270 cm³/mol. The van der Waals surface area contributed by atoms with E-state index in [0.29, 0.717) is 11.3 Å². The number of nitrogens with zero attached hydrogens (tertiary/aromatic N) is 4. The molecule has 0 atom stereocenters. The molecule has 0 aromatic heterocycles. The molecule has 0 N–H and O–H groups in total. The Balaban J connectivity index is 1.31. The molecule has 10 aromatic rings. The Morgan fingerprint density at radius 3 is 1.36 bits per heavy atom. The van der Waals surface area contributed by atoms with Crippen LogP contribution in [0.2, 0.25) is 0 Å². The summed E-state index contributed by atoms with van der Waals surface area (Å²) in [7, 11) is 0. The summed E-state index contributed by atoms with van der Waals surface area (Å²) >= 11 is 0. The Hall–Kier alpha value is -8.18. The van der Waals surface area contributed by atoms with Crippen molar-refractivity contribution in [3.63, 3.8) is 0 Å². The minimum Gasteiger partial charge on any atom is -0.310 e. The molecule has 0 amide bonds. The molecule has 10 rings (SSSR count). The van der Waals surface area contributed by atoms with Crippen molar-refractivity contribution in [2.24, 2.45) is 0 Å². The molecule has 0 saturated carbocycles. The van der Waals surface area contributed by atoms with E-state index in [1.165, 1.54) is 27.1 Å². The molecule has 0 aliphatic rings. The van der Waals surface area contributed by atoms with Crippen LogP contribution in [0.25, 0.3) is 59.4 Å². The van der Waals surface area contributed by atoms with Gasteiger partial charge in [0.1, 0.15) is 0 Å². The van der Waals surface area contributed by atoms with E-state index in [1.807, 2.05) is 48.5 Å². The van der Waals surface area contributed by atoms with E-state index in [2.05, 4.69) is 195 Å². The minimum absolute atomic E-state index is 0.0225. The third-order valence-corrected chi connectivity index (χ3v) is 12.6. The molecular weight excluding hydrogens is 777 g/mol. The summed E-state index contributed by atoms with van der Waals surface area (Å²) in [5.41, 5.74) is 15.4. The average molecular weight is 823 g/mol. The molecule has 0 unspecified atom stereocenters. The highest BCUT2D eigenvalue weighted by molar-refractivity contribution is 6.29. The van der Waals surface area contributed by atoms with Gasteiger partial charge in [-0.1, -0.05) is 154 Å². The Labute approximate surface area is 375 Å². The highest BCUT2D eigenvalue weighted by Crippen LogP contribution is 2.52. The van der Waals surface area contributed by atoms with E-state index in [1.54, 1.807) is 0 Å². The van der Waals surface area contributed by atoms with Gasteiger partial charge in [-0.05, 0) is 129 Å². The summed E-state index contributed by atoms with van der Waals surface area (Å²) in [5.74, 6) is 0. The lowest BCUT2D eigenvalue weighted by molar-refractivity contribution is 0.591. The van der Waals surface area contributed by atoms with Gasteiger partial charge < -0.3 is 9.80 Å². The van der Waals surface area contributed by atoms with Crippen LogP contribution in [0.15, 0.2) is 188 Å². The van der Waals surface area contributed by atoms with Crippen LogP contribution in [0.5, 0.6) is 0 Å².